The fourth-order valence-electron chi connectivity index (χ4n) is 1.85. The molecule has 1 fully saturated rings. The maximum absolute atomic E-state index is 11.6. The molecular weight excluding hydrogens is 309 g/mol. The van der Waals surface area contributed by atoms with Gasteiger partial charge in [0.2, 0.25) is 0 Å². The Balaban J connectivity index is 2.06. The van der Waals surface area contributed by atoms with Gasteiger partial charge in [0, 0.05) is 12.6 Å². The number of nitrogen functional groups attached to an aromatic ring is 1. The van der Waals surface area contributed by atoms with Crippen molar-refractivity contribution in [3.05, 3.63) is 22.7 Å². The molecule has 9 nitrogen and oxygen atoms in total. The van der Waals surface area contributed by atoms with Crippen LogP contribution >= 0.6 is 6.72 Å². The summed E-state index contributed by atoms with van der Waals surface area (Å²) in [5, 5.41) is 9.79. The summed E-state index contributed by atoms with van der Waals surface area (Å²) in [6.07, 6.45) is -1.04. The number of nitrogens with two attached hydrogens (primary N) is 1. The van der Waals surface area contributed by atoms with Crippen molar-refractivity contribution >= 4 is 24.3 Å². The van der Waals surface area contributed by atoms with Crippen molar-refractivity contribution in [2.45, 2.75) is 24.9 Å². The zero-order valence-corrected chi connectivity index (χ0v) is 11.9. The van der Waals surface area contributed by atoms with E-state index in [1.165, 1.54) is 16.8 Å². The Morgan fingerprint density at radius 3 is 3.05 bits per heavy atom. The summed E-state index contributed by atoms with van der Waals surface area (Å²) in [4.78, 5) is 34.9. The maximum Gasteiger partial charge on any atom is 0.351 e. The van der Waals surface area contributed by atoms with Crippen LogP contribution in [0.4, 0.5) is 5.82 Å². The highest BCUT2D eigenvalue weighted by Crippen LogP contribution is 2.34. The number of aromatic nitrogens is 2. The number of aliphatic hydroxyl groups excluding tert-OH is 1. The van der Waals surface area contributed by atoms with Crippen LogP contribution in [0.5, 0.6) is 0 Å². The van der Waals surface area contributed by atoms with Crippen molar-refractivity contribution in [1.29, 1.82) is 0 Å². The normalized spacial score (nSPS) is 29.2. The predicted octanol–water partition coefficient (Wildman–Crippen LogP) is -1.93. The van der Waals surface area contributed by atoms with Crippen molar-refractivity contribution in [1.82, 2.24) is 9.55 Å². The topological polar surface area (TPSA) is 143 Å². The number of hydrogen-bond donors (Lipinski definition) is 3. The number of nitrogens with zero attached hydrogens (tertiary/aromatic N) is 2. The zero-order valence-electron chi connectivity index (χ0n) is 10.2. The first kappa shape index (κ1) is 15.5. The van der Waals surface area contributed by atoms with Gasteiger partial charge < -0.3 is 29.9 Å². The molecule has 1 aliphatic rings. The molecule has 4 N–H and O–H groups in total. The molecule has 0 spiro atoms. The summed E-state index contributed by atoms with van der Waals surface area (Å²) in [6, 6.07) is 1.42. The molecule has 20 heavy (non-hydrogen) atoms. The van der Waals surface area contributed by atoms with Crippen molar-refractivity contribution < 1.29 is 24.2 Å². The van der Waals surface area contributed by atoms with Crippen LogP contribution in [-0.2, 0) is 21.1 Å². The van der Waals surface area contributed by atoms with E-state index in [0.29, 0.717) is 0 Å². The smallest absolute Gasteiger partial charge is 0.351 e. The standard InChI is InChI=1S/C9H14N3O6PS/c10-7-1-2-12(9(14)11-7)8-3-5(13)6(18-8)4-17-19(15,16)20/h1-2,5-6,8,13H,3-4H2,(H2,10,11,14)(H2,15,16,20)/p-1/t5-,6+,8+/m0/s1. The molecular formula is C9H13N3O6PS-. The van der Waals surface area contributed by atoms with Gasteiger partial charge in [-0.05, 0) is 6.07 Å². The average Bonchev–Trinajstić information content (AvgIpc) is 2.67. The number of aliphatic hydroxyl groups is 1. The van der Waals surface area contributed by atoms with Crippen LogP contribution in [0.1, 0.15) is 12.6 Å². The van der Waals surface area contributed by atoms with E-state index in [4.69, 9.17) is 15.4 Å². The van der Waals surface area contributed by atoms with E-state index in [-0.39, 0.29) is 18.8 Å². The van der Waals surface area contributed by atoms with E-state index in [9.17, 15) is 14.8 Å². The number of rotatable bonds is 4. The molecule has 2 heterocycles. The van der Waals surface area contributed by atoms with Crippen LogP contribution in [0, 0.1) is 0 Å². The van der Waals surface area contributed by atoms with Crippen molar-refractivity contribution in [2.75, 3.05) is 12.3 Å². The van der Waals surface area contributed by atoms with Gasteiger partial charge in [0.15, 0.2) is 0 Å². The summed E-state index contributed by atoms with van der Waals surface area (Å²) >= 11 is 4.19. The number of hydrogen-bond acceptors (Lipinski definition) is 8. The second kappa shape index (κ2) is 5.86. The SMILES string of the molecule is Nc1ccn([C@H]2C[C@H](O)[C@@H](COP([O-])(O)=S)O2)c(=O)n1. The largest absolute Gasteiger partial charge is 0.780 e. The van der Waals surface area contributed by atoms with Crippen LogP contribution in [-0.4, -0.2) is 38.4 Å². The van der Waals surface area contributed by atoms with E-state index < -0.39 is 30.8 Å². The van der Waals surface area contributed by atoms with Gasteiger partial charge in [-0.2, -0.15) is 4.98 Å². The van der Waals surface area contributed by atoms with Crippen molar-refractivity contribution in [2.24, 2.45) is 0 Å². The molecule has 4 atom stereocenters. The lowest BCUT2D eigenvalue weighted by Crippen LogP contribution is -2.28. The average molecular weight is 322 g/mol. The maximum atomic E-state index is 11.6. The summed E-state index contributed by atoms with van der Waals surface area (Å²) in [6.45, 7) is -4.40. The van der Waals surface area contributed by atoms with Gasteiger partial charge >= 0.3 is 5.69 Å². The third-order valence-electron chi connectivity index (χ3n) is 2.77. The van der Waals surface area contributed by atoms with Gasteiger partial charge in [-0.1, -0.05) is 11.8 Å². The first-order chi connectivity index (χ1) is 9.26. The molecule has 1 saturated heterocycles. The molecule has 0 bridgehead atoms. The van der Waals surface area contributed by atoms with E-state index in [1.807, 2.05) is 0 Å². The number of anilines is 1. The molecule has 1 aromatic heterocycles. The van der Waals surface area contributed by atoms with Gasteiger partial charge in [-0.3, -0.25) is 4.57 Å². The predicted molar refractivity (Wildman–Crippen MR) is 69.9 cm³/mol. The summed E-state index contributed by atoms with van der Waals surface area (Å²) in [5.74, 6) is 0.0806. The van der Waals surface area contributed by atoms with E-state index >= 15 is 0 Å². The van der Waals surface area contributed by atoms with Crippen LogP contribution < -0.4 is 16.3 Å². The molecule has 0 radical (unpaired) electrons. The lowest BCUT2D eigenvalue weighted by molar-refractivity contribution is -0.204. The Bertz CT molecular complexity index is 589. The zero-order chi connectivity index (χ0) is 14.9. The highest BCUT2D eigenvalue weighted by atomic mass is 32.5. The van der Waals surface area contributed by atoms with Crippen LogP contribution in [0.3, 0.4) is 0 Å². The summed E-state index contributed by atoms with van der Waals surface area (Å²) in [5.41, 5.74) is 4.76. The quantitative estimate of drug-likeness (QED) is 0.540. The van der Waals surface area contributed by atoms with Gasteiger partial charge in [-0.25, -0.2) is 4.79 Å². The van der Waals surface area contributed by atoms with Crippen molar-refractivity contribution in [3.63, 3.8) is 0 Å². The fraction of sp³-hybridized carbons (Fsp3) is 0.556. The second-order valence-corrected chi connectivity index (χ2v) is 6.82. The van der Waals surface area contributed by atoms with Gasteiger partial charge in [0.05, 0.1) is 12.7 Å². The fourth-order valence-corrected chi connectivity index (χ4v) is 2.37. The van der Waals surface area contributed by atoms with Gasteiger partial charge in [0.1, 0.15) is 24.9 Å². The van der Waals surface area contributed by atoms with E-state index in [0.717, 1.165) is 0 Å². The number of ether oxygens (including phenoxy) is 1. The highest BCUT2D eigenvalue weighted by molar-refractivity contribution is 8.06. The first-order valence-corrected chi connectivity index (χ1v) is 8.22. The van der Waals surface area contributed by atoms with Crippen LogP contribution in [0.2, 0.25) is 0 Å². The first-order valence-electron chi connectivity index (χ1n) is 5.63. The Labute approximate surface area is 118 Å². The Hall–Kier alpha value is -0.870. The van der Waals surface area contributed by atoms with Gasteiger partial charge in [-0.15, -0.1) is 0 Å². The molecule has 0 aliphatic carbocycles. The van der Waals surface area contributed by atoms with Crippen LogP contribution in [0.15, 0.2) is 17.1 Å². The summed E-state index contributed by atoms with van der Waals surface area (Å²) in [7, 11) is 0. The van der Waals surface area contributed by atoms with Gasteiger partial charge in [0.25, 0.3) is 0 Å². The van der Waals surface area contributed by atoms with Crippen LogP contribution in [0.25, 0.3) is 0 Å². The molecule has 1 unspecified atom stereocenters. The lowest BCUT2D eigenvalue weighted by Gasteiger charge is -2.23. The summed E-state index contributed by atoms with van der Waals surface area (Å²) < 4.78 is 11.1. The second-order valence-electron chi connectivity index (χ2n) is 4.24. The molecule has 112 valence electrons. The lowest BCUT2D eigenvalue weighted by atomic mass is 10.2. The van der Waals surface area contributed by atoms with E-state index in [2.05, 4.69) is 21.3 Å². The monoisotopic (exact) mass is 322 g/mol. The Morgan fingerprint density at radius 1 is 1.75 bits per heavy atom. The third-order valence-corrected chi connectivity index (χ3v) is 3.56. The third kappa shape index (κ3) is 3.83. The minimum Gasteiger partial charge on any atom is -0.780 e. The Morgan fingerprint density at radius 2 is 2.45 bits per heavy atom. The molecule has 0 amide bonds. The molecule has 2 rings (SSSR count). The Kier molecular flexibility index (Phi) is 4.55. The minimum absolute atomic E-state index is 0.0806. The highest BCUT2D eigenvalue weighted by Gasteiger charge is 2.35. The van der Waals surface area contributed by atoms with E-state index in [1.54, 1.807) is 0 Å². The molecule has 0 saturated carbocycles. The molecule has 1 aromatic rings. The molecule has 1 aliphatic heterocycles. The van der Waals surface area contributed by atoms with Crippen molar-refractivity contribution in [3.8, 4) is 0 Å². The molecule has 11 heteroatoms. The molecule has 0 aromatic carbocycles. The minimum atomic E-state index is -4.06.